The highest BCUT2D eigenvalue weighted by Gasteiger charge is 2.48. The van der Waals surface area contributed by atoms with E-state index in [0.717, 1.165) is 20.9 Å². The molecule has 1 fully saturated rings. The van der Waals surface area contributed by atoms with Gasteiger partial charge >= 0.3 is 0 Å². The van der Waals surface area contributed by atoms with E-state index >= 15 is 0 Å². The molecule has 9 heteroatoms. The maximum Gasteiger partial charge on any atom is 0.252 e. The smallest absolute Gasteiger partial charge is 0.252 e. The third kappa shape index (κ3) is 5.56. The summed E-state index contributed by atoms with van der Waals surface area (Å²) < 4.78 is 34.1. The van der Waals surface area contributed by atoms with Crippen molar-refractivity contribution in [3.8, 4) is 5.75 Å². The van der Waals surface area contributed by atoms with E-state index in [1.54, 1.807) is 0 Å². The zero-order valence-electron chi connectivity index (χ0n) is 17.3. The molecule has 0 spiro atoms. The summed E-state index contributed by atoms with van der Waals surface area (Å²) in [6, 6.07) is 8.13. The minimum absolute atomic E-state index is 0.0155. The number of hydrogen-bond acceptors (Lipinski definition) is 5. The number of nitrogens with one attached hydrogen (secondary N) is 2. The Kier molecular flexibility index (Phi) is 6.99. The van der Waals surface area contributed by atoms with Crippen LogP contribution in [0.15, 0.2) is 36.4 Å². The second kappa shape index (κ2) is 9.58. The van der Waals surface area contributed by atoms with Crippen LogP contribution in [-0.4, -0.2) is 47.0 Å². The average Bonchev–Trinajstić information content (AvgIpc) is 3.49. The van der Waals surface area contributed by atoms with E-state index in [1.807, 2.05) is 18.2 Å². The highest BCUT2D eigenvalue weighted by Crippen LogP contribution is 2.35. The number of hydrogen-bond donors (Lipinski definition) is 4. The van der Waals surface area contributed by atoms with E-state index in [9.17, 15) is 23.8 Å². The molecule has 1 amide bonds. The molecule has 3 atom stereocenters. The molecule has 4 N–H and O–H groups in total. The third-order valence-electron chi connectivity index (χ3n) is 5.89. The van der Waals surface area contributed by atoms with Crippen LogP contribution < -0.4 is 15.4 Å². The van der Waals surface area contributed by atoms with Crippen LogP contribution in [0.3, 0.4) is 0 Å². The highest BCUT2D eigenvalue weighted by atomic mass is 127. The molecule has 0 saturated heterocycles. The third-order valence-corrected chi connectivity index (χ3v) is 6.56. The van der Waals surface area contributed by atoms with Crippen molar-refractivity contribution in [3.63, 3.8) is 0 Å². The average molecular weight is 558 g/mol. The van der Waals surface area contributed by atoms with Gasteiger partial charge in [-0.05, 0) is 77.7 Å². The zero-order valence-corrected chi connectivity index (χ0v) is 19.4. The molecule has 172 valence electrons. The number of rotatable bonds is 8. The van der Waals surface area contributed by atoms with E-state index in [1.165, 1.54) is 12.1 Å². The van der Waals surface area contributed by atoms with Crippen LogP contribution in [0, 0.1) is 15.2 Å². The fraction of sp³-hybridized carbons (Fsp3) is 0.435. The summed E-state index contributed by atoms with van der Waals surface area (Å²) in [6.07, 6.45) is 0.382. The Morgan fingerprint density at radius 3 is 2.62 bits per heavy atom. The first kappa shape index (κ1) is 23.3. The molecule has 1 saturated carbocycles. The summed E-state index contributed by atoms with van der Waals surface area (Å²) in [6.45, 7) is 0.674. The van der Waals surface area contributed by atoms with Crippen molar-refractivity contribution in [1.82, 2.24) is 10.6 Å². The van der Waals surface area contributed by atoms with Gasteiger partial charge in [0.25, 0.3) is 5.91 Å². The summed E-state index contributed by atoms with van der Waals surface area (Å²) >= 11 is 2.23. The van der Waals surface area contributed by atoms with E-state index in [-0.39, 0.29) is 19.0 Å². The number of aliphatic hydroxyl groups excluding tert-OH is 1. The van der Waals surface area contributed by atoms with Gasteiger partial charge in [0.15, 0.2) is 0 Å². The van der Waals surface area contributed by atoms with Crippen molar-refractivity contribution in [2.75, 3.05) is 13.2 Å². The second-order valence-electron chi connectivity index (χ2n) is 8.44. The first-order valence-corrected chi connectivity index (χ1v) is 11.6. The van der Waals surface area contributed by atoms with E-state index in [2.05, 4.69) is 33.2 Å². The van der Waals surface area contributed by atoms with Crippen molar-refractivity contribution in [1.29, 1.82) is 0 Å². The maximum atomic E-state index is 13.7. The molecule has 2 aromatic rings. The van der Waals surface area contributed by atoms with Crippen molar-refractivity contribution in [2.24, 2.45) is 0 Å². The summed E-state index contributed by atoms with van der Waals surface area (Å²) in [5.74, 6) is -1.25. The molecule has 1 aliphatic carbocycles. The lowest BCUT2D eigenvalue weighted by atomic mass is 9.98. The van der Waals surface area contributed by atoms with Crippen LogP contribution in [-0.2, 0) is 11.2 Å². The summed E-state index contributed by atoms with van der Waals surface area (Å²) in [5.41, 5.74) is -0.120. The highest BCUT2D eigenvalue weighted by molar-refractivity contribution is 14.1. The first-order chi connectivity index (χ1) is 15.2. The number of fused-ring (bicyclic) bond motifs is 1. The van der Waals surface area contributed by atoms with Gasteiger partial charge < -0.3 is 25.6 Å². The molecule has 0 radical (unpaired) electrons. The molecule has 0 unspecified atom stereocenters. The Balaban J connectivity index is 1.47. The Morgan fingerprint density at radius 1 is 1.22 bits per heavy atom. The molecule has 2 aliphatic rings. The SMILES string of the molecule is O=C(N[C@@H](Cc1cc(F)cc(F)c1)[C@@H](O)CN[C@H]1CCOc2ccc(I)cc21)C1(O)CC1. The minimum Gasteiger partial charge on any atom is -0.493 e. The molecule has 4 rings (SSSR count). The number of aliphatic hydroxyl groups is 2. The second-order valence-corrected chi connectivity index (χ2v) is 9.69. The molecular weight excluding hydrogens is 533 g/mol. The van der Waals surface area contributed by atoms with Crippen LogP contribution in [0.2, 0.25) is 0 Å². The quantitative estimate of drug-likeness (QED) is 0.375. The Labute approximate surface area is 198 Å². The first-order valence-electron chi connectivity index (χ1n) is 10.6. The van der Waals surface area contributed by atoms with Gasteiger partial charge in [-0.2, -0.15) is 0 Å². The lowest BCUT2D eigenvalue weighted by Crippen LogP contribution is -2.52. The molecule has 1 aliphatic heterocycles. The van der Waals surface area contributed by atoms with Crippen LogP contribution in [0.1, 0.15) is 36.4 Å². The molecule has 32 heavy (non-hydrogen) atoms. The number of halogens is 3. The van der Waals surface area contributed by atoms with Gasteiger partial charge in [0.05, 0.1) is 18.8 Å². The predicted molar refractivity (Wildman–Crippen MR) is 122 cm³/mol. The lowest BCUT2D eigenvalue weighted by Gasteiger charge is -2.30. The zero-order chi connectivity index (χ0) is 22.9. The van der Waals surface area contributed by atoms with Gasteiger partial charge in [0.1, 0.15) is 23.0 Å². The number of benzene rings is 2. The Morgan fingerprint density at radius 2 is 1.94 bits per heavy atom. The topological polar surface area (TPSA) is 90.8 Å². The monoisotopic (exact) mass is 558 g/mol. The van der Waals surface area contributed by atoms with E-state index < -0.39 is 35.3 Å². The summed E-state index contributed by atoms with van der Waals surface area (Å²) in [7, 11) is 0. The van der Waals surface area contributed by atoms with Crippen molar-refractivity contribution in [2.45, 2.75) is 49.5 Å². The molecule has 6 nitrogen and oxygen atoms in total. The van der Waals surface area contributed by atoms with Gasteiger partial charge in [0.2, 0.25) is 0 Å². The van der Waals surface area contributed by atoms with Crippen LogP contribution >= 0.6 is 22.6 Å². The van der Waals surface area contributed by atoms with Crippen molar-refractivity contribution < 1.29 is 28.5 Å². The Hall–Kier alpha value is -1.82. The van der Waals surface area contributed by atoms with Gasteiger partial charge in [-0.15, -0.1) is 0 Å². The lowest BCUT2D eigenvalue weighted by molar-refractivity contribution is -0.133. The van der Waals surface area contributed by atoms with Crippen LogP contribution in [0.4, 0.5) is 8.78 Å². The minimum atomic E-state index is -1.42. The van der Waals surface area contributed by atoms with Crippen molar-refractivity contribution >= 4 is 28.5 Å². The van der Waals surface area contributed by atoms with Crippen molar-refractivity contribution in [3.05, 3.63) is 62.7 Å². The van der Waals surface area contributed by atoms with Gasteiger partial charge in [-0.1, -0.05) is 0 Å². The standard InChI is InChI=1S/C23H25F2IN2O4/c24-14-7-13(8-15(25)10-14)9-19(28-22(30)23(31)4-5-23)20(29)12-27-18-3-6-32-21-2-1-16(26)11-17(18)21/h1-2,7-8,10-11,18-20,27,29,31H,3-6,9,12H2,(H,28,30)/t18-,19-,20-/m0/s1. The summed E-state index contributed by atoms with van der Waals surface area (Å²) in [5, 5.41) is 27.0. The van der Waals surface area contributed by atoms with Crippen LogP contribution in [0.5, 0.6) is 5.75 Å². The van der Waals surface area contributed by atoms with Gasteiger partial charge in [-0.3, -0.25) is 4.79 Å². The van der Waals surface area contributed by atoms with Gasteiger partial charge in [-0.25, -0.2) is 8.78 Å². The number of amides is 1. The maximum absolute atomic E-state index is 13.7. The molecule has 0 aromatic heterocycles. The molecular formula is C23H25F2IN2O4. The summed E-state index contributed by atoms with van der Waals surface area (Å²) in [4.78, 5) is 12.4. The fourth-order valence-corrected chi connectivity index (χ4v) is 4.41. The predicted octanol–water partition coefficient (Wildman–Crippen LogP) is 2.60. The van der Waals surface area contributed by atoms with E-state index in [0.29, 0.717) is 31.4 Å². The number of carbonyl (C=O) groups is 1. The molecule has 2 aromatic carbocycles. The normalized spacial score (nSPS) is 20.6. The molecule has 0 bridgehead atoms. The van der Waals surface area contributed by atoms with Gasteiger partial charge in [0, 0.05) is 34.2 Å². The molecule has 1 heterocycles. The number of carbonyl (C=O) groups excluding carboxylic acids is 1. The number of ether oxygens (including phenoxy) is 1. The largest absolute Gasteiger partial charge is 0.493 e. The Bertz CT molecular complexity index is 982. The van der Waals surface area contributed by atoms with Crippen LogP contribution in [0.25, 0.3) is 0 Å². The fourth-order valence-electron chi connectivity index (χ4n) is 3.90. The van der Waals surface area contributed by atoms with E-state index in [4.69, 9.17) is 4.74 Å².